The highest BCUT2D eigenvalue weighted by molar-refractivity contribution is 7.92. The van der Waals surface area contributed by atoms with Crippen LogP contribution in [0.15, 0.2) is 108 Å². The maximum atomic E-state index is 14.3. The SMILES string of the molecule is CCNC(=O)[C@@H](Cc1ccccc1)N(Cc1ccc(Cl)cc1)C(=O)CN(c1ccc(F)cc1)S(=O)(=O)c1ccc(OC)cc1. The summed E-state index contributed by atoms with van der Waals surface area (Å²) in [4.78, 5) is 29.1. The van der Waals surface area contributed by atoms with Gasteiger partial charge in [-0.3, -0.25) is 13.9 Å². The molecular formula is C33H33ClFN3O5S. The molecule has 0 saturated heterocycles. The predicted octanol–water partition coefficient (Wildman–Crippen LogP) is 5.46. The molecule has 2 amide bonds. The van der Waals surface area contributed by atoms with E-state index < -0.39 is 34.3 Å². The lowest BCUT2D eigenvalue weighted by Crippen LogP contribution is -2.53. The van der Waals surface area contributed by atoms with Crippen LogP contribution in [0.3, 0.4) is 0 Å². The molecule has 0 spiro atoms. The van der Waals surface area contributed by atoms with Crippen LogP contribution in [-0.4, -0.2) is 51.4 Å². The third kappa shape index (κ3) is 8.15. The maximum absolute atomic E-state index is 14.3. The van der Waals surface area contributed by atoms with E-state index in [2.05, 4.69) is 5.32 Å². The molecule has 11 heteroatoms. The molecule has 0 radical (unpaired) electrons. The van der Waals surface area contributed by atoms with Crippen molar-refractivity contribution in [3.05, 3.63) is 125 Å². The van der Waals surface area contributed by atoms with Gasteiger partial charge in [-0.05, 0) is 78.7 Å². The molecule has 8 nitrogen and oxygen atoms in total. The lowest BCUT2D eigenvalue weighted by atomic mass is 10.0. The molecule has 4 aromatic rings. The Hall–Kier alpha value is -4.41. The highest BCUT2D eigenvalue weighted by atomic mass is 35.5. The number of carbonyl (C=O) groups excluding carboxylic acids is 2. The number of sulfonamides is 1. The standard InChI is InChI=1S/C33H33ClFN3O5S/c1-3-36-33(40)31(21-24-7-5-4-6-8-24)37(22-25-9-11-26(34)12-10-25)32(39)23-38(28-15-13-27(35)14-16-28)44(41,42)30-19-17-29(43-2)18-20-30/h4-20,31H,3,21-23H2,1-2H3,(H,36,40)/t31-/m1/s1. The van der Waals surface area contributed by atoms with Gasteiger partial charge in [0.25, 0.3) is 10.0 Å². The summed E-state index contributed by atoms with van der Waals surface area (Å²) in [5, 5.41) is 3.32. The first-order chi connectivity index (χ1) is 21.1. The van der Waals surface area contributed by atoms with Crippen molar-refractivity contribution in [3.8, 4) is 5.75 Å². The number of methoxy groups -OCH3 is 1. The van der Waals surface area contributed by atoms with Crippen LogP contribution in [0.2, 0.25) is 5.02 Å². The Kier molecular flexibility index (Phi) is 11.0. The average Bonchev–Trinajstić information content (AvgIpc) is 3.03. The molecule has 0 saturated carbocycles. The summed E-state index contributed by atoms with van der Waals surface area (Å²) >= 11 is 6.09. The van der Waals surface area contributed by atoms with E-state index in [-0.39, 0.29) is 29.5 Å². The van der Waals surface area contributed by atoms with Crippen LogP contribution < -0.4 is 14.4 Å². The number of halogens is 2. The van der Waals surface area contributed by atoms with Crippen LogP contribution in [0.4, 0.5) is 10.1 Å². The summed E-state index contributed by atoms with van der Waals surface area (Å²) in [6, 6.07) is 25.7. The Morgan fingerprint density at radius 2 is 1.52 bits per heavy atom. The molecule has 1 atom stereocenters. The van der Waals surface area contributed by atoms with Crippen molar-refractivity contribution in [1.29, 1.82) is 0 Å². The number of likely N-dealkylation sites (N-methyl/N-ethyl adjacent to an activating group) is 1. The first kappa shape index (κ1) is 32.5. The lowest BCUT2D eigenvalue weighted by Gasteiger charge is -2.33. The second-order valence-corrected chi connectivity index (χ2v) is 12.2. The van der Waals surface area contributed by atoms with Crippen molar-refractivity contribution in [3.63, 3.8) is 0 Å². The van der Waals surface area contributed by atoms with E-state index in [0.717, 1.165) is 22.0 Å². The minimum absolute atomic E-state index is 0.00444. The smallest absolute Gasteiger partial charge is 0.264 e. The number of ether oxygens (including phenoxy) is 1. The number of anilines is 1. The number of hydrogen-bond donors (Lipinski definition) is 1. The van der Waals surface area contributed by atoms with Gasteiger partial charge in [0.05, 0.1) is 17.7 Å². The van der Waals surface area contributed by atoms with E-state index in [0.29, 0.717) is 22.9 Å². The van der Waals surface area contributed by atoms with Gasteiger partial charge in [0.1, 0.15) is 24.2 Å². The van der Waals surface area contributed by atoms with E-state index in [1.807, 2.05) is 30.3 Å². The number of nitrogens with zero attached hydrogens (tertiary/aromatic N) is 2. The predicted molar refractivity (Wildman–Crippen MR) is 169 cm³/mol. The first-order valence-corrected chi connectivity index (χ1v) is 15.7. The lowest BCUT2D eigenvalue weighted by molar-refractivity contribution is -0.140. The summed E-state index contributed by atoms with van der Waals surface area (Å²) in [6.07, 6.45) is 0.188. The quantitative estimate of drug-likeness (QED) is 0.210. The van der Waals surface area contributed by atoms with Gasteiger partial charge in [-0.25, -0.2) is 12.8 Å². The summed E-state index contributed by atoms with van der Waals surface area (Å²) in [5.41, 5.74) is 1.59. The fourth-order valence-corrected chi connectivity index (χ4v) is 6.18. The number of rotatable bonds is 13. The molecule has 0 bridgehead atoms. The van der Waals surface area contributed by atoms with Gasteiger partial charge in [0.15, 0.2) is 0 Å². The van der Waals surface area contributed by atoms with E-state index in [4.69, 9.17) is 16.3 Å². The molecule has 0 aromatic heterocycles. The van der Waals surface area contributed by atoms with E-state index >= 15 is 0 Å². The van der Waals surface area contributed by atoms with Crippen LogP contribution in [-0.2, 0) is 32.6 Å². The highest BCUT2D eigenvalue weighted by Crippen LogP contribution is 2.27. The summed E-state index contributed by atoms with van der Waals surface area (Å²) in [5.74, 6) is -1.13. The van der Waals surface area contributed by atoms with E-state index in [1.165, 1.54) is 48.4 Å². The molecular weight excluding hydrogens is 605 g/mol. The van der Waals surface area contributed by atoms with Gasteiger partial charge in [-0.2, -0.15) is 0 Å². The molecule has 230 valence electrons. The molecule has 0 unspecified atom stereocenters. The number of nitrogens with one attached hydrogen (secondary N) is 1. The van der Waals surface area contributed by atoms with Crippen LogP contribution in [0, 0.1) is 5.82 Å². The third-order valence-corrected chi connectivity index (χ3v) is 8.97. The van der Waals surface area contributed by atoms with Crippen molar-refractivity contribution in [2.75, 3.05) is 24.5 Å². The zero-order valence-corrected chi connectivity index (χ0v) is 25.9. The largest absolute Gasteiger partial charge is 0.497 e. The van der Waals surface area contributed by atoms with Crippen LogP contribution in [0.5, 0.6) is 5.75 Å². The second kappa shape index (κ2) is 14.9. The molecule has 0 aliphatic rings. The number of carbonyl (C=O) groups is 2. The van der Waals surface area contributed by atoms with Crippen molar-refractivity contribution in [2.45, 2.75) is 30.8 Å². The summed E-state index contributed by atoms with van der Waals surface area (Å²) < 4.78 is 47.9. The topological polar surface area (TPSA) is 96.0 Å². The van der Waals surface area contributed by atoms with Crippen LogP contribution >= 0.6 is 11.6 Å². The van der Waals surface area contributed by atoms with Gasteiger partial charge in [0.2, 0.25) is 11.8 Å². The summed E-state index contributed by atoms with van der Waals surface area (Å²) in [7, 11) is -2.86. The molecule has 0 fully saturated rings. The van der Waals surface area contributed by atoms with Crippen molar-refractivity contribution in [1.82, 2.24) is 10.2 Å². The minimum Gasteiger partial charge on any atom is -0.497 e. The normalized spacial score (nSPS) is 11.8. The monoisotopic (exact) mass is 637 g/mol. The minimum atomic E-state index is -4.32. The van der Waals surface area contributed by atoms with Crippen molar-refractivity contribution in [2.24, 2.45) is 0 Å². The van der Waals surface area contributed by atoms with Crippen LogP contribution in [0.25, 0.3) is 0 Å². The fourth-order valence-electron chi connectivity index (χ4n) is 4.64. The number of amides is 2. The number of benzene rings is 4. The molecule has 4 rings (SSSR count). The number of hydrogen-bond acceptors (Lipinski definition) is 5. The second-order valence-electron chi connectivity index (χ2n) is 9.91. The Balaban J connectivity index is 1.78. The maximum Gasteiger partial charge on any atom is 0.264 e. The van der Waals surface area contributed by atoms with Gasteiger partial charge in [-0.15, -0.1) is 0 Å². The Bertz CT molecular complexity index is 1650. The average molecular weight is 638 g/mol. The molecule has 0 aliphatic heterocycles. The van der Waals surface area contributed by atoms with Crippen LogP contribution in [0.1, 0.15) is 18.1 Å². The first-order valence-electron chi connectivity index (χ1n) is 13.9. The zero-order chi connectivity index (χ0) is 31.7. The molecule has 0 heterocycles. The summed E-state index contributed by atoms with van der Waals surface area (Å²) in [6.45, 7) is 1.46. The zero-order valence-electron chi connectivity index (χ0n) is 24.3. The molecule has 44 heavy (non-hydrogen) atoms. The Labute approximate surface area is 262 Å². The molecule has 0 aliphatic carbocycles. The third-order valence-electron chi connectivity index (χ3n) is 6.93. The fraction of sp³-hybridized carbons (Fsp3) is 0.212. The Morgan fingerprint density at radius 3 is 2.11 bits per heavy atom. The van der Waals surface area contributed by atoms with Crippen molar-refractivity contribution < 1.29 is 27.1 Å². The highest BCUT2D eigenvalue weighted by Gasteiger charge is 2.34. The molecule has 4 aromatic carbocycles. The van der Waals surface area contributed by atoms with Gasteiger partial charge in [-0.1, -0.05) is 54.1 Å². The van der Waals surface area contributed by atoms with Gasteiger partial charge in [0, 0.05) is 24.5 Å². The van der Waals surface area contributed by atoms with Crippen molar-refractivity contribution >= 4 is 39.1 Å². The van der Waals surface area contributed by atoms with E-state index in [1.54, 1.807) is 31.2 Å². The molecule has 1 N–H and O–H groups in total. The Morgan fingerprint density at radius 1 is 0.886 bits per heavy atom. The van der Waals surface area contributed by atoms with Gasteiger partial charge < -0.3 is 15.0 Å². The van der Waals surface area contributed by atoms with E-state index in [9.17, 15) is 22.4 Å². The van der Waals surface area contributed by atoms with Gasteiger partial charge >= 0.3 is 0 Å².